The van der Waals surface area contributed by atoms with Gasteiger partial charge < -0.3 is 10.2 Å². The van der Waals surface area contributed by atoms with E-state index in [0.29, 0.717) is 11.1 Å². The highest BCUT2D eigenvalue weighted by Gasteiger charge is 2.28. The van der Waals surface area contributed by atoms with Gasteiger partial charge in [0.15, 0.2) is 0 Å². The standard InChI is InChI=1S/C12H12O5S/c1-7(12(14)15)4-8-6-18(16,17)11-3-2-9(13)5-10(8)11/h2-3,5-7,13H,4H2,1H3,(H,14,15). The summed E-state index contributed by atoms with van der Waals surface area (Å²) in [6.45, 7) is 1.51. The Morgan fingerprint density at radius 3 is 2.67 bits per heavy atom. The van der Waals surface area contributed by atoms with E-state index in [1.807, 2.05) is 0 Å². The molecule has 1 atom stereocenters. The molecule has 0 aromatic heterocycles. The van der Waals surface area contributed by atoms with Gasteiger partial charge >= 0.3 is 5.97 Å². The van der Waals surface area contributed by atoms with E-state index < -0.39 is 21.7 Å². The van der Waals surface area contributed by atoms with Gasteiger partial charge in [0.25, 0.3) is 0 Å². The molecule has 2 rings (SSSR count). The van der Waals surface area contributed by atoms with E-state index in [2.05, 4.69) is 0 Å². The second-order valence-electron chi connectivity index (χ2n) is 4.31. The second-order valence-corrected chi connectivity index (χ2v) is 6.08. The molecule has 1 heterocycles. The van der Waals surface area contributed by atoms with Crippen molar-refractivity contribution >= 4 is 21.4 Å². The summed E-state index contributed by atoms with van der Waals surface area (Å²) in [5.74, 6) is -1.71. The van der Waals surface area contributed by atoms with Crippen LogP contribution in [0.15, 0.2) is 28.5 Å². The quantitative estimate of drug-likeness (QED) is 0.869. The van der Waals surface area contributed by atoms with Gasteiger partial charge in [-0.15, -0.1) is 0 Å². The van der Waals surface area contributed by atoms with E-state index in [-0.39, 0.29) is 17.1 Å². The number of rotatable bonds is 3. The maximum atomic E-state index is 11.8. The number of aliphatic carboxylic acids is 1. The third-order valence-electron chi connectivity index (χ3n) is 2.86. The van der Waals surface area contributed by atoms with Crippen molar-refractivity contribution in [2.45, 2.75) is 18.2 Å². The summed E-state index contributed by atoms with van der Waals surface area (Å²) in [7, 11) is -3.51. The number of carboxylic acids is 1. The van der Waals surface area contributed by atoms with Gasteiger partial charge in [0.05, 0.1) is 10.8 Å². The molecule has 1 aromatic carbocycles. The highest BCUT2D eigenvalue weighted by atomic mass is 32.2. The number of sulfone groups is 1. The number of hydrogen-bond donors (Lipinski definition) is 2. The third-order valence-corrected chi connectivity index (χ3v) is 4.42. The smallest absolute Gasteiger partial charge is 0.306 e. The van der Waals surface area contributed by atoms with Gasteiger partial charge in [-0.2, -0.15) is 0 Å². The number of benzene rings is 1. The SMILES string of the molecule is CC(CC1=CS(=O)(=O)c2ccc(O)cc21)C(=O)O. The predicted molar refractivity (Wildman–Crippen MR) is 64.7 cm³/mol. The van der Waals surface area contributed by atoms with Crippen LogP contribution in [0, 0.1) is 5.92 Å². The Kier molecular flexibility index (Phi) is 2.90. The zero-order valence-electron chi connectivity index (χ0n) is 9.62. The molecule has 1 aliphatic heterocycles. The summed E-state index contributed by atoms with van der Waals surface area (Å²) in [5, 5.41) is 19.3. The number of carbonyl (C=O) groups is 1. The Bertz CT molecular complexity index is 642. The molecule has 1 unspecified atom stereocenters. The van der Waals surface area contributed by atoms with Crippen molar-refractivity contribution in [1.82, 2.24) is 0 Å². The van der Waals surface area contributed by atoms with Crippen molar-refractivity contribution in [3.05, 3.63) is 29.2 Å². The number of hydrogen-bond acceptors (Lipinski definition) is 4. The first kappa shape index (κ1) is 12.6. The van der Waals surface area contributed by atoms with Crippen LogP contribution < -0.4 is 0 Å². The number of aromatic hydroxyl groups is 1. The van der Waals surface area contributed by atoms with Crippen molar-refractivity contribution in [3.63, 3.8) is 0 Å². The summed E-state index contributed by atoms with van der Waals surface area (Å²) < 4.78 is 23.6. The van der Waals surface area contributed by atoms with Gasteiger partial charge in [0.2, 0.25) is 9.84 Å². The summed E-state index contributed by atoms with van der Waals surface area (Å²) >= 11 is 0. The molecule has 0 spiro atoms. The van der Waals surface area contributed by atoms with Gasteiger partial charge in [0.1, 0.15) is 5.75 Å². The van der Waals surface area contributed by atoms with Crippen LogP contribution in [0.4, 0.5) is 0 Å². The highest BCUT2D eigenvalue weighted by Crippen LogP contribution is 2.38. The lowest BCUT2D eigenvalue weighted by atomic mass is 9.97. The Morgan fingerprint density at radius 1 is 1.39 bits per heavy atom. The van der Waals surface area contributed by atoms with Crippen LogP contribution in [0.5, 0.6) is 5.75 Å². The average molecular weight is 268 g/mol. The fourth-order valence-corrected chi connectivity index (χ4v) is 3.39. The molecule has 2 N–H and O–H groups in total. The molecule has 1 aliphatic rings. The third kappa shape index (κ3) is 2.11. The van der Waals surface area contributed by atoms with Gasteiger partial charge in [0, 0.05) is 11.0 Å². The second kappa shape index (κ2) is 4.13. The Morgan fingerprint density at radius 2 is 2.06 bits per heavy atom. The normalized spacial score (nSPS) is 17.9. The predicted octanol–water partition coefficient (Wildman–Crippen LogP) is 1.63. The van der Waals surface area contributed by atoms with Gasteiger partial charge in [-0.1, -0.05) is 6.92 Å². The van der Waals surface area contributed by atoms with Crippen molar-refractivity contribution in [1.29, 1.82) is 0 Å². The Labute approximate surface area is 104 Å². The maximum Gasteiger partial charge on any atom is 0.306 e. The molecule has 5 nitrogen and oxygen atoms in total. The number of phenols is 1. The summed E-state index contributed by atoms with van der Waals surface area (Å²) in [4.78, 5) is 10.9. The number of fused-ring (bicyclic) bond motifs is 1. The largest absolute Gasteiger partial charge is 0.508 e. The number of carboxylic acid groups (broad SMARTS) is 1. The fourth-order valence-electron chi connectivity index (χ4n) is 1.91. The van der Waals surface area contributed by atoms with Crippen molar-refractivity contribution in [2.24, 2.45) is 5.92 Å². The van der Waals surface area contributed by atoms with E-state index in [0.717, 1.165) is 5.41 Å². The number of allylic oxidation sites excluding steroid dienone is 1. The van der Waals surface area contributed by atoms with Crippen molar-refractivity contribution in [3.8, 4) is 5.75 Å². The molecule has 0 amide bonds. The van der Waals surface area contributed by atoms with E-state index >= 15 is 0 Å². The van der Waals surface area contributed by atoms with Crippen LogP contribution in [-0.4, -0.2) is 24.6 Å². The maximum absolute atomic E-state index is 11.8. The molecule has 0 aliphatic carbocycles. The van der Waals surface area contributed by atoms with E-state index in [9.17, 15) is 18.3 Å². The molecule has 96 valence electrons. The van der Waals surface area contributed by atoms with Gasteiger partial charge in [-0.05, 0) is 30.2 Å². The lowest BCUT2D eigenvalue weighted by Crippen LogP contribution is -2.09. The molecule has 0 saturated heterocycles. The van der Waals surface area contributed by atoms with Crippen LogP contribution in [0.1, 0.15) is 18.9 Å². The molecule has 18 heavy (non-hydrogen) atoms. The Hall–Kier alpha value is -1.82. The van der Waals surface area contributed by atoms with Gasteiger partial charge in [-0.3, -0.25) is 4.79 Å². The summed E-state index contributed by atoms with van der Waals surface area (Å²) in [6.07, 6.45) is 0.116. The first-order chi connectivity index (χ1) is 8.31. The molecule has 0 saturated carbocycles. The van der Waals surface area contributed by atoms with E-state index in [1.165, 1.54) is 25.1 Å². The molecule has 6 heteroatoms. The molecule has 1 aromatic rings. The minimum absolute atomic E-state index is 0.0419. The minimum Gasteiger partial charge on any atom is -0.508 e. The number of phenolic OH excluding ortho intramolecular Hbond substituents is 1. The molecule has 0 bridgehead atoms. The fraction of sp³-hybridized carbons (Fsp3) is 0.250. The van der Waals surface area contributed by atoms with Crippen molar-refractivity contribution < 1.29 is 23.4 Å². The summed E-state index contributed by atoms with van der Waals surface area (Å²) in [5.41, 5.74) is 0.818. The lowest BCUT2D eigenvalue weighted by Gasteiger charge is -2.08. The minimum atomic E-state index is -3.51. The molecular weight excluding hydrogens is 256 g/mol. The Balaban J connectivity index is 2.47. The first-order valence-electron chi connectivity index (χ1n) is 5.33. The van der Waals surface area contributed by atoms with E-state index in [1.54, 1.807) is 0 Å². The zero-order chi connectivity index (χ0) is 13.5. The highest BCUT2D eigenvalue weighted by molar-refractivity contribution is 7.95. The van der Waals surface area contributed by atoms with Crippen LogP contribution in [0.3, 0.4) is 0 Å². The zero-order valence-corrected chi connectivity index (χ0v) is 10.4. The summed E-state index contributed by atoms with van der Waals surface area (Å²) in [6, 6.07) is 3.98. The lowest BCUT2D eigenvalue weighted by molar-refractivity contribution is -0.140. The topological polar surface area (TPSA) is 91.7 Å². The molecule has 0 fully saturated rings. The van der Waals surface area contributed by atoms with Crippen LogP contribution >= 0.6 is 0 Å². The first-order valence-corrected chi connectivity index (χ1v) is 6.88. The van der Waals surface area contributed by atoms with Crippen molar-refractivity contribution in [2.75, 3.05) is 0 Å². The van der Waals surface area contributed by atoms with Crippen LogP contribution in [0.25, 0.3) is 5.57 Å². The average Bonchev–Trinajstić information content (AvgIpc) is 2.50. The van der Waals surface area contributed by atoms with E-state index in [4.69, 9.17) is 5.11 Å². The monoisotopic (exact) mass is 268 g/mol. The molecular formula is C12H12O5S. The molecule has 0 radical (unpaired) electrons. The van der Waals surface area contributed by atoms with Crippen LogP contribution in [-0.2, 0) is 14.6 Å². The van der Waals surface area contributed by atoms with Crippen LogP contribution in [0.2, 0.25) is 0 Å². The van der Waals surface area contributed by atoms with Gasteiger partial charge in [-0.25, -0.2) is 8.42 Å².